The van der Waals surface area contributed by atoms with Crippen molar-refractivity contribution in [3.05, 3.63) is 51.8 Å². The molecule has 1 aromatic heterocycles. The number of carboxylic acids is 1. The summed E-state index contributed by atoms with van der Waals surface area (Å²) >= 11 is 6.13. The minimum atomic E-state index is -1.22. The smallest absolute Gasteiger partial charge is 0.337 e. The minimum Gasteiger partial charge on any atom is -0.479 e. The molecular formula is C28H36ClNO4. The molecule has 1 saturated carbocycles. The maximum absolute atomic E-state index is 13.4. The molecule has 0 spiro atoms. The number of Topliss-reactive ketones (excluding diaryl/α,β-unsaturated/α-hetero) is 1. The lowest BCUT2D eigenvalue weighted by molar-refractivity contribution is -0.160. The van der Waals surface area contributed by atoms with Crippen LogP contribution in [0.3, 0.4) is 0 Å². The number of aryl methyl sites for hydroxylation is 1. The molecule has 0 bridgehead atoms. The molecule has 1 N–H and O–H groups in total. The van der Waals surface area contributed by atoms with Crippen molar-refractivity contribution in [2.75, 3.05) is 0 Å². The number of aliphatic carboxylic acids is 1. The summed E-state index contributed by atoms with van der Waals surface area (Å²) in [6.45, 7) is 11.3. The minimum absolute atomic E-state index is 0.0190. The summed E-state index contributed by atoms with van der Waals surface area (Å²) in [5, 5.41) is 10.7. The average Bonchev–Trinajstić information content (AvgIpc) is 2.75. The average molecular weight is 486 g/mol. The Bertz CT molecular complexity index is 1050. The van der Waals surface area contributed by atoms with Crippen molar-refractivity contribution >= 4 is 23.4 Å². The molecule has 184 valence electrons. The molecule has 34 heavy (non-hydrogen) atoms. The van der Waals surface area contributed by atoms with Crippen LogP contribution in [0.5, 0.6) is 0 Å². The first-order valence-corrected chi connectivity index (χ1v) is 12.5. The number of pyridine rings is 1. The van der Waals surface area contributed by atoms with Crippen LogP contribution in [0.25, 0.3) is 11.1 Å². The highest BCUT2D eigenvalue weighted by Crippen LogP contribution is 2.39. The normalized spacial score (nSPS) is 19.6. The molecule has 1 aliphatic rings. The Balaban J connectivity index is 2.13. The number of rotatable bonds is 7. The Labute approximate surface area is 207 Å². The highest BCUT2D eigenvalue weighted by Gasteiger charge is 2.34. The van der Waals surface area contributed by atoms with Gasteiger partial charge in [-0.1, -0.05) is 43.5 Å². The van der Waals surface area contributed by atoms with E-state index < -0.39 is 17.7 Å². The van der Waals surface area contributed by atoms with Crippen molar-refractivity contribution in [1.82, 2.24) is 4.98 Å². The zero-order chi connectivity index (χ0) is 25.2. The number of hydrogen-bond donors (Lipinski definition) is 1. The molecule has 6 heteroatoms. The predicted molar refractivity (Wildman–Crippen MR) is 135 cm³/mol. The van der Waals surface area contributed by atoms with Crippen LogP contribution < -0.4 is 0 Å². The van der Waals surface area contributed by atoms with Gasteiger partial charge in [0.25, 0.3) is 0 Å². The number of carbonyl (C=O) groups is 2. The summed E-state index contributed by atoms with van der Waals surface area (Å²) in [6, 6.07) is 7.22. The predicted octanol–water partition coefficient (Wildman–Crippen LogP) is 7.36. The van der Waals surface area contributed by atoms with Crippen molar-refractivity contribution in [3.8, 4) is 11.1 Å². The Morgan fingerprint density at radius 2 is 1.71 bits per heavy atom. The van der Waals surface area contributed by atoms with Gasteiger partial charge in [-0.05, 0) is 88.1 Å². The number of hydrogen-bond acceptors (Lipinski definition) is 4. The van der Waals surface area contributed by atoms with E-state index in [9.17, 15) is 14.7 Å². The van der Waals surface area contributed by atoms with E-state index in [2.05, 4.69) is 11.9 Å². The molecule has 1 aromatic carbocycles. The summed E-state index contributed by atoms with van der Waals surface area (Å²) in [6.07, 6.45) is 3.69. The van der Waals surface area contributed by atoms with Crippen LogP contribution >= 0.6 is 11.6 Å². The Morgan fingerprint density at radius 3 is 2.24 bits per heavy atom. The van der Waals surface area contributed by atoms with Crippen molar-refractivity contribution in [1.29, 1.82) is 0 Å². The monoisotopic (exact) mass is 485 g/mol. The van der Waals surface area contributed by atoms with Crippen LogP contribution in [0.4, 0.5) is 0 Å². The SMILES string of the molecule is Cc1nc(C(=O)CC2CCC(C)CC2)c(C)c(-c2ccc(Cl)cc2)c1[C@H](OC(C)(C)C)C(=O)O. The second kappa shape index (κ2) is 10.6. The maximum atomic E-state index is 13.4. The number of ether oxygens (including phenoxy) is 1. The van der Waals surface area contributed by atoms with E-state index >= 15 is 0 Å². The fourth-order valence-corrected chi connectivity index (χ4v) is 5.00. The van der Waals surface area contributed by atoms with Gasteiger partial charge in [0.2, 0.25) is 0 Å². The van der Waals surface area contributed by atoms with Crippen LogP contribution in [0.2, 0.25) is 5.02 Å². The van der Waals surface area contributed by atoms with E-state index in [1.807, 2.05) is 39.8 Å². The third kappa shape index (κ3) is 6.25. The molecule has 1 atom stereocenters. The van der Waals surface area contributed by atoms with E-state index in [-0.39, 0.29) is 5.78 Å². The van der Waals surface area contributed by atoms with Crippen molar-refractivity contribution < 1.29 is 19.4 Å². The standard InChI is InChI=1S/C28H36ClNO4/c1-16-7-9-19(10-8-16)15-22(31)25-17(2)23(20-11-13-21(29)14-12-20)24(18(3)30-25)26(27(32)33)34-28(4,5)6/h11-14,16,19,26H,7-10,15H2,1-6H3,(H,32,33)/t16?,19?,26-/m0/s1. The van der Waals surface area contributed by atoms with E-state index in [1.54, 1.807) is 19.1 Å². The fourth-order valence-electron chi connectivity index (χ4n) is 4.87. The van der Waals surface area contributed by atoms with E-state index in [4.69, 9.17) is 16.3 Å². The summed E-state index contributed by atoms with van der Waals surface area (Å²) in [7, 11) is 0. The van der Waals surface area contributed by atoms with Gasteiger partial charge in [0.05, 0.1) is 5.60 Å². The van der Waals surface area contributed by atoms with Crippen molar-refractivity contribution in [2.45, 2.75) is 85.4 Å². The van der Waals surface area contributed by atoms with Gasteiger partial charge in [-0.25, -0.2) is 9.78 Å². The number of nitrogens with zero attached hydrogens (tertiary/aromatic N) is 1. The fraction of sp³-hybridized carbons (Fsp3) is 0.536. The first kappa shape index (κ1) is 26.4. The zero-order valence-corrected chi connectivity index (χ0v) is 21.8. The summed E-state index contributed by atoms with van der Waals surface area (Å²) in [5.74, 6) is 0.0234. The topological polar surface area (TPSA) is 76.5 Å². The Hall–Kier alpha value is -2.24. The van der Waals surface area contributed by atoms with Crippen LogP contribution in [0.1, 0.15) is 93.2 Å². The summed E-state index contributed by atoms with van der Waals surface area (Å²) in [4.78, 5) is 30.4. The second-order valence-corrected chi connectivity index (χ2v) is 11.1. The highest BCUT2D eigenvalue weighted by atomic mass is 35.5. The lowest BCUT2D eigenvalue weighted by atomic mass is 9.80. The quantitative estimate of drug-likeness (QED) is 0.414. The molecule has 0 aliphatic heterocycles. The molecule has 1 heterocycles. The van der Waals surface area contributed by atoms with Crippen LogP contribution in [-0.2, 0) is 9.53 Å². The molecule has 3 rings (SSSR count). The number of aromatic nitrogens is 1. The van der Waals surface area contributed by atoms with Crippen LogP contribution in [-0.4, -0.2) is 27.4 Å². The molecule has 1 fully saturated rings. The van der Waals surface area contributed by atoms with Crippen LogP contribution in [0.15, 0.2) is 24.3 Å². The van der Waals surface area contributed by atoms with Gasteiger partial charge in [-0.2, -0.15) is 0 Å². The van der Waals surface area contributed by atoms with Crippen molar-refractivity contribution in [3.63, 3.8) is 0 Å². The van der Waals surface area contributed by atoms with E-state index in [0.29, 0.717) is 45.4 Å². The Kier molecular flexibility index (Phi) is 8.20. The molecule has 0 saturated heterocycles. The van der Waals surface area contributed by atoms with Crippen molar-refractivity contribution in [2.24, 2.45) is 11.8 Å². The van der Waals surface area contributed by atoms with Gasteiger partial charge in [0, 0.05) is 22.7 Å². The molecular weight excluding hydrogens is 450 g/mol. The highest BCUT2D eigenvalue weighted by molar-refractivity contribution is 6.30. The summed E-state index contributed by atoms with van der Waals surface area (Å²) < 4.78 is 5.99. The Morgan fingerprint density at radius 1 is 1.12 bits per heavy atom. The number of carbonyl (C=O) groups excluding carboxylic acids is 1. The van der Waals surface area contributed by atoms with Gasteiger partial charge in [0.15, 0.2) is 11.9 Å². The van der Waals surface area contributed by atoms with Gasteiger partial charge >= 0.3 is 5.97 Å². The number of ketones is 1. The lowest BCUT2D eigenvalue weighted by Gasteiger charge is -2.29. The molecule has 0 radical (unpaired) electrons. The number of benzene rings is 1. The molecule has 0 amide bonds. The van der Waals surface area contributed by atoms with Gasteiger partial charge in [0.1, 0.15) is 5.69 Å². The van der Waals surface area contributed by atoms with Gasteiger partial charge < -0.3 is 9.84 Å². The van der Waals surface area contributed by atoms with Gasteiger partial charge in [-0.3, -0.25) is 4.79 Å². The number of halogens is 1. The third-order valence-corrected chi connectivity index (χ3v) is 6.89. The molecule has 2 aromatic rings. The van der Waals surface area contributed by atoms with E-state index in [1.165, 1.54) is 0 Å². The van der Waals surface area contributed by atoms with Gasteiger partial charge in [-0.15, -0.1) is 0 Å². The molecule has 1 aliphatic carbocycles. The molecule has 0 unspecified atom stereocenters. The largest absolute Gasteiger partial charge is 0.479 e. The number of carboxylic acid groups (broad SMARTS) is 1. The van der Waals surface area contributed by atoms with E-state index in [0.717, 1.165) is 37.2 Å². The second-order valence-electron chi connectivity index (χ2n) is 10.7. The lowest BCUT2D eigenvalue weighted by Crippen LogP contribution is -2.29. The third-order valence-electron chi connectivity index (χ3n) is 6.63. The zero-order valence-electron chi connectivity index (χ0n) is 21.1. The van der Waals surface area contributed by atoms with Crippen LogP contribution in [0, 0.1) is 25.7 Å². The first-order valence-electron chi connectivity index (χ1n) is 12.1. The first-order chi connectivity index (χ1) is 15.9. The maximum Gasteiger partial charge on any atom is 0.337 e. The molecule has 5 nitrogen and oxygen atoms in total. The summed E-state index contributed by atoms with van der Waals surface area (Å²) in [5.41, 5.74) is 2.85.